The Hall–Kier alpha value is -0.800. The van der Waals surface area contributed by atoms with Crippen molar-refractivity contribution in [1.82, 2.24) is 5.32 Å². The van der Waals surface area contributed by atoms with Crippen LogP contribution in [0.5, 0.6) is 0 Å². The standard InChI is InChI=1S/C6H11FN2O/c7-4-2-1-3-5(4)9-6(8)10/h4-5H,1-3H2,(H3,8,9,10)/t4-,5+/m0/s1. The zero-order valence-corrected chi connectivity index (χ0v) is 5.64. The smallest absolute Gasteiger partial charge is 0.312 e. The predicted octanol–water partition coefficient (Wildman–Crippen LogP) is 0.545. The topological polar surface area (TPSA) is 55.1 Å². The molecule has 1 aliphatic rings. The molecule has 0 aromatic rings. The van der Waals surface area contributed by atoms with Gasteiger partial charge in [0.15, 0.2) is 0 Å². The van der Waals surface area contributed by atoms with Crippen molar-refractivity contribution in [2.75, 3.05) is 0 Å². The number of alkyl halides is 1. The van der Waals surface area contributed by atoms with E-state index >= 15 is 0 Å². The van der Waals surface area contributed by atoms with Gasteiger partial charge in [0.05, 0.1) is 6.04 Å². The minimum Gasteiger partial charge on any atom is -0.352 e. The first-order valence-electron chi connectivity index (χ1n) is 3.40. The number of amides is 2. The highest BCUT2D eigenvalue weighted by atomic mass is 19.1. The number of rotatable bonds is 1. The monoisotopic (exact) mass is 146 g/mol. The lowest BCUT2D eigenvalue weighted by Crippen LogP contribution is -2.41. The van der Waals surface area contributed by atoms with Crippen LogP contribution in [0.2, 0.25) is 0 Å². The molecule has 2 atom stereocenters. The molecule has 1 aliphatic carbocycles. The van der Waals surface area contributed by atoms with E-state index in [4.69, 9.17) is 5.73 Å². The maximum Gasteiger partial charge on any atom is 0.312 e. The molecule has 3 nitrogen and oxygen atoms in total. The fourth-order valence-corrected chi connectivity index (χ4v) is 1.26. The summed E-state index contributed by atoms with van der Waals surface area (Å²) < 4.78 is 12.7. The second-order valence-corrected chi connectivity index (χ2v) is 2.56. The molecule has 0 aromatic heterocycles. The summed E-state index contributed by atoms with van der Waals surface area (Å²) in [5, 5.41) is 2.36. The highest BCUT2D eigenvalue weighted by Gasteiger charge is 2.27. The summed E-state index contributed by atoms with van der Waals surface area (Å²) in [7, 11) is 0. The number of carbonyl (C=O) groups is 1. The summed E-state index contributed by atoms with van der Waals surface area (Å²) in [5.74, 6) is 0. The van der Waals surface area contributed by atoms with Crippen molar-refractivity contribution in [3.63, 3.8) is 0 Å². The normalized spacial score (nSPS) is 32.1. The summed E-state index contributed by atoms with van der Waals surface area (Å²) >= 11 is 0. The van der Waals surface area contributed by atoms with Gasteiger partial charge in [-0.05, 0) is 19.3 Å². The van der Waals surface area contributed by atoms with E-state index in [-0.39, 0.29) is 6.04 Å². The summed E-state index contributed by atoms with van der Waals surface area (Å²) in [6.07, 6.45) is 1.20. The Morgan fingerprint density at radius 1 is 1.60 bits per heavy atom. The molecule has 58 valence electrons. The molecule has 4 heteroatoms. The second-order valence-electron chi connectivity index (χ2n) is 2.56. The van der Waals surface area contributed by atoms with Crippen LogP contribution >= 0.6 is 0 Å². The molecule has 10 heavy (non-hydrogen) atoms. The quantitative estimate of drug-likeness (QED) is 0.557. The Morgan fingerprint density at radius 3 is 2.70 bits per heavy atom. The van der Waals surface area contributed by atoms with Crippen LogP contribution in [-0.4, -0.2) is 18.2 Å². The van der Waals surface area contributed by atoms with Gasteiger partial charge < -0.3 is 11.1 Å². The van der Waals surface area contributed by atoms with Crippen LogP contribution in [0.25, 0.3) is 0 Å². The molecule has 0 aromatic carbocycles. The van der Waals surface area contributed by atoms with E-state index in [1.54, 1.807) is 0 Å². The average molecular weight is 146 g/mol. The second kappa shape index (κ2) is 2.86. The molecule has 3 N–H and O–H groups in total. The third kappa shape index (κ3) is 1.59. The molecule has 0 heterocycles. The largest absolute Gasteiger partial charge is 0.352 e. The lowest BCUT2D eigenvalue weighted by atomic mass is 10.2. The van der Waals surface area contributed by atoms with Crippen molar-refractivity contribution >= 4 is 6.03 Å². The van der Waals surface area contributed by atoms with Crippen LogP contribution in [-0.2, 0) is 0 Å². The maximum absolute atomic E-state index is 12.7. The fraction of sp³-hybridized carbons (Fsp3) is 0.833. The minimum atomic E-state index is -0.896. The molecule has 1 fully saturated rings. The SMILES string of the molecule is NC(=O)N[C@@H]1CCC[C@@H]1F. The van der Waals surface area contributed by atoms with E-state index < -0.39 is 12.2 Å². The van der Waals surface area contributed by atoms with Gasteiger partial charge >= 0.3 is 6.03 Å². The van der Waals surface area contributed by atoms with Crippen molar-refractivity contribution in [2.45, 2.75) is 31.5 Å². The third-order valence-electron chi connectivity index (χ3n) is 1.76. The minimum absolute atomic E-state index is 0.336. The van der Waals surface area contributed by atoms with Crippen LogP contribution in [0.3, 0.4) is 0 Å². The average Bonchev–Trinajstić information content (AvgIpc) is 2.15. The highest BCUT2D eigenvalue weighted by molar-refractivity contribution is 5.72. The molecule has 0 unspecified atom stereocenters. The maximum atomic E-state index is 12.7. The Bertz CT molecular complexity index is 140. The number of nitrogens with two attached hydrogens (primary N) is 1. The first kappa shape index (κ1) is 7.31. The van der Waals surface area contributed by atoms with Crippen LogP contribution < -0.4 is 11.1 Å². The Morgan fingerprint density at radius 2 is 2.30 bits per heavy atom. The van der Waals surface area contributed by atoms with Crippen LogP contribution in [0.4, 0.5) is 9.18 Å². The molecule has 0 bridgehead atoms. The summed E-state index contributed by atoms with van der Waals surface area (Å²) in [4.78, 5) is 10.2. The lowest BCUT2D eigenvalue weighted by Gasteiger charge is -2.11. The van der Waals surface area contributed by atoms with Gasteiger partial charge in [0.25, 0.3) is 0 Å². The van der Waals surface area contributed by atoms with Crippen molar-refractivity contribution in [2.24, 2.45) is 5.73 Å². The van der Waals surface area contributed by atoms with E-state index in [0.717, 1.165) is 6.42 Å². The molecular weight excluding hydrogens is 135 g/mol. The number of nitrogens with one attached hydrogen (secondary N) is 1. The van der Waals surface area contributed by atoms with E-state index in [9.17, 15) is 9.18 Å². The van der Waals surface area contributed by atoms with Crippen molar-refractivity contribution < 1.29 is 9.18 Å². The van der Waals surface area contributed by atoms with E-state index in [1.807, 2.05) is 0 Å². The molecule has 0 radical (unpaired) electrons. The summed E-state index contributed by atoms with van der Waals surface area (Å²) in [6.45, 7) is 0. The Balaban J connectivity index is 2.33. The summed E-state index contributed by atoms with van der Waals surface area (Å²) in [6, 6.07) is -0.966. The predicted molar refractivity (Wildman–Crippen MR) is 35.3 cm³/mol. The number of hydrogen-bond donors (Lipinski definition) is 2. The van der Waals surface area contributed by atoms with Gasteiger partial charge in [0, 0.05) is 0 Å². The zero-order chi connectivity index (χ0) is 7.56. The van der Waals surface area contributed by atoms with Gasteiger partial charge in [-0.15, -0.1) is 0 Å². The number of carbonyl (C=O) groups excluding carboxylic acids is 1. The van der Waals surface area contributed by atoms with Gasteiger partial charge in [-0.1, -0.05) is 0 Å². The van der Waals surface area contributed by atoms with Crippen molar-refractivity contribution in [3.05, 3.63) is 0 Å². The third-order valence-corrected chi connectivity index (χ3v) is 1.76. The van der Waals surface area contributed by atoms with Gasteiger partial charge in [-0.3, -0.25) is 0 Å². The molecule has 0 saturated heterocycles. The molecule has 0 spiro atoms. The Labute approximate surface area is 58.8 Å². The molecule has 1 saturated carbocycles. The first-order chi connectivity index (χ1) is 4.70. The molecular formula is C6H11FN2O. The van der Waals surface area contributed by atoms with E-state index in [1.165, 1.54) is 0 Å². The molecule has 2 amide bonds. The zero-order valence-electron chi connectivity index (χ0n) is 5.64. The lowest BCUT2D eigenvalue weighted by molar-refractivity contribution is 0.232. The molecule has 1 rings (SSSR count). The van der Waals surface area contributed by atoms with E-state index in [0.29, 0.717) is 12.8 Å². The number of primary amides is 1. The number of urea groups is 1. The number of hydrogen-bond acceptors (Lipinski definition) is 1. The van der Waals surface area contributed by atoms with Crippen molar-refractivity contribution in [3.8, 4) is 0 Å². The van der Waals surface area contributed by atoms with Crippen LogP contribution in [0.15, 0.2) is 0 Å². The molecule has 0 aliphatic heterocycles. The van der Waals surface area contributed by atoms with Crippen LogP contribution in [0, 0.1) is 0 Å². The number of halogens is 1. The van der Waals surface area contributed by atoms with Gasteiger partial charge in [0.1, 0.15) is 6.17 Å². The fourth-order valence-electron chi connectivity index (χ4n) is 1.26. The van der Waals surface area contributed by atoms with Gasteiger partial charge in [0.2, 0.25) is 0 Å². The van der Waals surface area contributed by atoms with Gasteiger partial charge in [-0.2, -0.15) is 0 Å². The first-order valence-corrected chi connectivity index (χ1v) is 3.40. The van der Waals surface area contributed by atoms with E-state index in [2.05, 4.69) is 5.32 Å². The summed E-state index contributed by atoms with van der Waals surface area (Å²) in [5.41, 5.74) is 4.82. The van der Waals surface area contributed by atoms with Gasteiger partial charge in [-0.25, -0.2) is 9.18 Å². The highest BCUT2D eigenvalue weighted by Crippen LogP contribution is 2.21. The van der Waals surface area contributed by atoms with Crippen molar-refractivity contribution in [1.29, 1.82) is 0 Å². The van der Waals surface area contributed by atoms with Crippen LogP contribution in [0.1, 0.15) is 19.3 Å². The Kier molecular flexibility index (Phi) is 2.09.